The van der Waals surface area contributed by atoms with Crippen LogP contribution in [0.3, 0.4) is 0 Å². The van der Waals surface area contributed by atoms with Gasteiger partial charge in [0, 0.05) is 18.7 Å². The third-order valence-electron chi connectivity index (χ3n) is 4.47. The number of nitrogens with zero attached hydrogens (tertiary/aromatic N) is 1. The summed E-state index contributed by atoms with van der Waals surface area (Å²) < 4.78 is 0.469. The molecule has 2 heterocycles. The van der Waals surface area contributed by atoms with Gasteiger partial charge >= 0.3 is 5.97 Å². The molecule has 2 atom stereocenters. The van der Waals surface area contributed by atoms with E-state index in [1.54, 1.807) is 4.90 Å². The van der Waals surface area contributed by atoms with E-state index in [4.69, 9.17) is 0 Å². The van der Waals surface area contributed by atoms with Crippen LogP contribution < -0.4 is 0 Å². The highest BCUT2D eigenvalue weighted by Crippen LogP contribution is 2.43. The maximum Gasteiger partial charge on any atom is 0.308 e. The van der Waals surface area contributed by atoms with Gasteiger partial charge < -0.3 is 10.0 Å². The van der Waals surface area contributed by atoms with Crippen molar-refractivity contribution in [3.05, 3.63) is 35.4 Å². The molecule has 2 aliphatic heterocycles. The Morgan fingerprint density at radius 1 is 1.13 bits per heavy atom. The van der Waals surface area contributed by atoms with Gasteiger partial charge in [0.15, 0.2) is 0 Å². The lowest BCUT2D eigenvalue weighted by molar-refractivity contribution is -0.142. The van der Waals surface area contributed by atoms with Crippen molar-refractivity contribution in [1.29, 1.82) is 0 Å². The number of hydrogen-bond acceptors (Lipinski definition) is 4. The summed E-state index contributed by atoms with van der Waals surface area (Å²) in [4.78, 5) is 25.4. The van der Waals surface area contributed by atoms with E-state index in [0.717, 1.165) is 0 Å². The molecule has 1 amide bonds. The number of carboxylic acid groups (broad SMARTS) is 1. The predicted molar refractivity (Wildman–Crippen MR) is 94.9 cm³/mol. The molecule has 0 spiro atoms. The minimum absolute atomic E-state index is 0.00534. The Morgan fingerprint density at radius 2 is 1.78 bits per heavy atom. The standard InChI is InChI=1S/C17H21NO3S2/c1-11-9-18(10-14(11)16(20)21)15(19)12-3-5-13(6-4-12)17-22-7-2-8-23-17/h3-6,11,14,17H,2,7-10H2,1H3,(H,20,21)/t11-,14-/m1/s1. The van der Waals surface area contributed by atoms with Crippen LogP contribution in [-0.2, 0) is 4.79 Å². The van der Waals surface area contributed by atoms with Crippen LogP contribution in [-0.4, -0.2) is 46.5 Å². The Balaban J connectivity index is 1.67. The fourth-order valence-electron chi connectivity index (χ4n) is 3.10. The molecule has 6 heteroatoms. The average Bonchev–Trinajstić information content (AvgIpc) is 2.97. The van der Waals surface area contributed by atoms with Gasteiger partial charge in [0.2, 0.25) is 0 Å². The molecule has 1 N–H and O–H groups in total. The van der Waals surface area contributed by atoms with Crippen molar-refractivity contribution in [2.45, 2.75) is 17.9 Å². The summed E-state index contributed by atoms with van der Waals surface area (Å²) in [6.45, 7) is 2.73. The van der Waals surface area contributed by atoms with Crippen LogP contribution >= 0.6 is 23.5 Å². The molecule has 0 bridgehead atoms. The van der Waals surface area contributed by atoms with Crippen LogP contribution in [0.25, 0.3) is 0 Å². The van der Waals surface area contributed by atoms with E-state index in [1.807, 2.05) is 54.7 Å². The van der Waals surface area contributed by atoms with E-state index in [-0.39, 0.29) is 11.8 Å². The first-order valence-corrected chi connectivity index (χ1v) is 10.0. The van der Waals surface area contributed by atoms with Crippen molar-refractivity contribution >= 4 is 35.4 Å². The molecular weight excluding hydrogens is 330 g/mol. The van der Waals surface area contributed by atoms with Crippen LogP contribution in [0.4, 0.5) is 0 Å². The zero-order chi connectivity index (χ0) is 16.4. The molecule has 0 saturated carbocycles. The van der Waals surface area contributed by atoms with Gasteiger partial charge in [-0.3, -0.25) is 9.59 Å². The number of carboxylic acids is 1. The largest absolute Gasteiger partial charge is 0.481 e. The summed E-state index contributed by atoms with van der Waals surface area (Å²) in [7, 11) is 0. The second-order valence-corrected chi connectivity index (χ2v) is 8.91. The number of hydrogen-bond donors (Lipinski definition) is 1. The van der Waals surface area contributed by atoms with Gasteiger partial charge in [0.25, 0.3) is 5.91 Å². The molecule has 0 aromatic heterocycles. The van der Waals surface area contributed by atoms with Gasteiger partial charge in [0.1, 0.15) is 0 Å². The summed E-state index contributed by atoms with van der Waals surface area (Å²) in [5.74, 6) is 1.07. The average molecular weight is 351 g/mol. The van der Waals surface area contributed by atoms with Crippen molar-refractivity contribution in [3.63, 3.8) is 0 Å². The van der Waals surface area contributed by atoms with Crippen molar-refractivity contribution < 1.29 is 14.7 Å². The van der Waals surface area contributed by atoms with Crippen LogP contribution in [0.2, 0.25) is 0 Å². The summed E-state index contributed by atoms with van der Waals surface area (Å²) in [5, 5.41) is 9.19. The first-order chi connectivity index (χ1) is 11.1. The molecule has 1 aromatic carbocycles. The van der Waals surface area contributed by atoms with E-state index in [0.29, 0.717) is 23.2 Å². The fourth-order valence-corrected chi connectivity index (χ4v) is 5.99. The van der Waals surface area contributed by atoms with Gasteiger partial charge in [0.05, 0.1) is 10.5 Å². The van der Waals surface area contributed by atoms with Gasteiger partial charge in [-0.05, 0) is 41.5 Å². The minimum atomic E-state index is -0.811. The number of thioether (sulfide) groups is 2. The molecule has 2 aliphatic rings. The molecule has 3 rings (SSSR count). The van der Waals surface area contributed by atoms with Crippen LogP contribution in [0.5, 0.6) is 0 Å². The van der Waals surface area contributed by atoms with Gasteiger partial charge in [-0.15, -0.1) is 23.5 Å². The molecule has 2 fully saturated rings. The van der Waals surface area contributed by atoms with E-state index in [2.05, 4.69) is 0 Å². The maximum atomic E-state index is 12.6. The summed E-state index contributed by atoms with van der Waals surface area (Å²) >= 11 is 3.92. The predicted octanol–water partition coefficient (Wildman–Crippen LogP) is 3.35. The minimum Gasteiger partial charge on any atom is -0.481 e. The maximum absolute atomic E-state index is 12.6. The molecule has 23 heavy (non-hydrogen) atoms. The van der Waals surface area contributed by atoms with Crippen LogP contribution in [0.15, 0.2) is 24.3 Å². The highest BCUT2D eigenvalue weighted by Gasteiger charge is 2.37. The molecule has 1 aromatic rings. The lowest BCUT2D eigenvalue weighted by Crippen LogP contribution is -2.29. The topological polar surface area (TPSA) is 57.6 Å². The number of aliphatic carboxylic acids is 1. The number of benzene rings is 1. The quantitative estimate of drug-likeness (QED) is 0.905. The fraction of sp³-hybridized carbons (Fsp3) is 0.529. The lowest BCUT2D eigenvalue weighted by Gasteiger charge is -2.21. The van der Waals surface area contributed by atoms with Gasteiger partial charge in [-0.25, -0.2) is 0 Å². The molecule has 0 aliphatic carbocycles. The Morgan fingerprint density at radius 3 is 2.35 bits per heavy atom. The van der Waals surface area contributed by atoms with Gasteiger partial charge in [-0.2, -0.15) is 0 Å². The zero-order valence-corrected chi connectivity index (χ0v) is 14.7. The monoisotopic (exact) mass is 351 g/mol. The third kappa shape index (κ3) is 3.69. The summed E-state index contributed by atoms with van der Waals surface area (Å²) in [6, 6.07) is 7.84. The number of carbonyl (C=O) groups is 2. The molecule has 2 saturated heterocycles. The molecular formula is C17H21NO3S2. The van der Waals surface area contributed by atoms with E-state index >= 15 is 0 Å². The number of amides is 1. The molecule has 4 nitrogen and oxygen atoms in total. The number of carbonyl (C=O) groups excluding carboxylic acids is 1. The van der Waals surface area contributed by atoms with E-state index in [1.165, 1.54) is 23.5 Å². The highest BCUT2D eigenvalue weighted by atomic mass is 32.2. The van der Waals surface area contributed by atoms with Crippen LogP contribution in [0.1, 0.15) is 33.8 Å². The number of rotatable bonds is 3. The Bertz CT molecular complexity index is 584. The smallest absolute Gasteiger partial charge is 0.308 e. The van der Waals surface area contributed by atoms with Gasteiger partial charge in [-0.1, -0.05) is 19.1 Å². The SMILES string of the molecule is C[C@@H]1CN(C(=O)c2ccc(C3SCCCS3)cc2)C[C@H]1C(=O)O. The summed E-state index contributed by atoms with van der Waals surface area (Å²) in [5.41, 5.74) is 1.91. The second-order valence-electron chi connectivity index (χ2n) is 6.18. The number of likely N-dealkylation sites (tertiary alicyclic amines) is 1. The second kappa shape index (κ2) is 7.18. The Hall–Kier alpha value is -1.14. The zero-order valence-electron chi connectivity index (χ0n) is 13.1. The molecule has 0 unspecified atom stereocenters. The Labute approximate surface area is 145 Å². The third-order valence-corrected chi connectivity index (χ3v) is 7.49. The first kappa shape index (κ1) is 16.7. The first-order valence-electron chi connectivity index (χ1n) is 7.91. The van der Waals surface area contributed by atoms with Crippen molar-refractivity contribution in [3.8, 4) is 0 Å². The molecule has 124 valence electrons. The highest BCUT2D eigenvalue weighted by molar-refractivity contribution is 8.16. The lowest BCUT2D eigenvalue weighted by atomic mass is 9.99. The van der Waals surface area contributed by atoms with E-state index < -0.39 is 11.9 Å². The van der Waals surface area contributed by atoms with Crippen molar-refractivity contribution in [2.24, 2.45) is 11.8 Å². The molecule has 0 radical (unpaired) electrons. The normalized spacial score (nSPS) is 25.5. The van der Waals surface area contributed by atoms with Crippen molar-refractivity contribution in [2.75, 3.05) is 24.6 Å². The van der Waals surface area contributed by atoms with Crippen molar-refractivity contribution in [1.82, 2.24) is 4.90 Å². The Kier molecular flexibility index (Phi) is 5.21. The van der Waals surface area contributed by atoms with E-state index in [9.17, 15) is 14.7 Å². The van der Waals surface area contributed by atoms with Crippen LogP contribution in [0, 0.1) is 11.8 Å². The summed E-state index contributed by atoms with van der Waals surface area (Å²) in [6.07, 6.45) is 1.26.